The lowest BCUT2D eigenvalue weighted by Crippen LogP contribution is -2.39. The number of rotatable bonds is 7. The molecule has 0 aliphatic rings. The van der Waals surface area contributed by atoms with Gasteiger partial charge >= 0.3 is 0 Å². The largest absolute Gasteiger partial charge is 0.283 e. The first-order chi connectivity index (χ1) is 8.23. The van der Waals surface area contributed by atoms with Gasteiger partial charge in [0.15, 0.2) is 0 Å². The Kier molecular flexibility index (Phi) is 7.88. The van der Waals surface area contributed by atoms with E-state index in [0.717, 1.165) is 6.42 Å². The second kappa shape index (κ2) is 8.28. The predicted octanol–water partition coefficient (Wildman–Crippen LogP) is 3.48. The molecule has 3 nitrogen and oxygen atoms in total. The minimum atomic E-state index is -0.0173. The molecule has 0 aromatic carbocycles. The molecule has 0 aromatic rings. The van der Waals surface area contributed by atoms with Gasteiger partial charge in [0.1, 0.15) is 0 Å². The molecule has 0 spiro atoms. The van der Waals surface area contributed by atoms with Crippen molar-refractivity contribution < 1.29 is 9.59 Å². The van der Waals surface area contributed by atoms with Crippen molar-refractivity contribution in [2.24, 2.45) is 17.8 Å². The van der Waals surface area contributed by atoms with E-state index in [9.17, 15) is 9.59 Å². The van der Waals surface area contributed by atoms with E-state index in [4.69, 9.17) is 0 Å². The van der Waals surface area contributed by atoms with E-state index in [-0.39, 0.29) is 11.8 Å². The number of carbonyl (C=O) groups is 2. The van der Waals surface area contributed by atoms with Gasteiger partial charge in [-0.1, -0.05) is 41.5 Å². The molecule has 0 aliphatic carbocycles. The lowest BCUT2D eigenvalue weighted by atomic mass is 10.1. The summed E-state index contributed by atoms with van der Waals surface area (Å²) in [6, 6.07) is 0. The van der Waals surface area contributed by atoms with Crippen LogP contribution in [0.2, 0.25) is 0 Å². The Morgan fingerprint density at radius 1 is 0.778 bits per heavy atom. The number of hydrogen-bond acceptors (Lipinski definition) is 2. The maximum Gasteiger partial charge on any atom is 0.229 e. The fourth-order valence-electron chi connectivity index (χ4n) is 1.69. The van der Waals surface area contributed by atoms with Crippen molar-refractivity contribution >= 4 is 11.8 Å². The van der Waals surface area contributed by atoms with Crippen LogP contribution in [0.1, 0.15) is 60.8 Å². The third-order valence-corrected chi connectivity index (χ3v) is 2.70. The van der Waals surface area contributed by atoms with Crippen LogP contribution in [0.4, 0.5) is 0 Å². The first kappa shape index (κ1) is 17.1. The Labute approximate surface area is 112 Å². The maximum atomic E-state index is 12.1. The van der Waals surface area contributed by atoms with Gasteiger partial charge in [0.2, 0.25) is 11.8 Å². The highest BCUT2D eigenvalue weighted by Crippen LogP contribution is 2.12. The average Bonchev–Trinajstić information content (AvgIpc) is 2.14. The highest BCUT2D eigenvalue weighted by molar-refractivity contribution is 5.95. The highest BCUT2D eigenvalue weighted by atomic mass is 16.2. The summed E-state index contributed by atoms with van der Waals surface area (Å²) in [7, 11) is 0. The van der Waals surface area contributed by atoms with Crippen molar-refractivity contribution in [3.63, 3.8) is 0 Å². The molecule has 0 fully saturated rings. The summed E-state index contributed by atoms with van der Waals surface area (Å²) in [5.41, 5.74) is 0. The summed E-state index contributed by atoms with van der Waals surface area (Å²) in [6.07, 6.45) is 1.80. The third-order valence-electron chi connectivity index (χ3n) is 2.70. The standard InChI is InChI=1S/C15H29NO2/c1-11(2)7-8-16(14(17)9-12(3)4)15(18)10-13(5)6/h11-13H,7-10H2,1-6H3. The molecule has 0 aliphatic heterocycles. The maximum absolute atomic E-state index is 12.1. The lowest BCUT2D eigenvalue weighted by Gasteiger charge is -2.23. The van der Waals surface area contributed by atoms with E-state index in [1.807, 2.05) is 27.7 Å². The van der Waals surface area contributed by atoms with Crippen molar-refractivity contribution in [3.05, 3.63) is 0 Å². The van der Waals surface area contributed by atoms with Crippen LogP contribution in [-0.2, 0) is 9.59 Å². The zero-order valence-electron chi connectivity index (χ0n) is 12.8. The highest BCUT2D eigenvalue weighted by Gasteiger charge is 2.22. The molecular weight excluding hydrogens is 226 g/mol. The first-order valence-corrected chi connectivity index (χ1v) is 7.07. The van der Waals surface area contributed by atoms with Gasteiger partial charge < -0.3 is 0 Å². The zero-order valence-corrected chi connectivity index (χ0v) is 12.8. The number of imide groups is 1. The van der Waals surface area contributed by atoms with E-state index >= 15 is 0 Å². The first-order valence-electron chi connectivity index (χ1n) is 7.07. The van der Waals surface area contributed by atoms with Gasteiger partial charge in [-0.05, 0) is 24.2 Å². The fraction of sp³-hybridized carbons (Fsp3) is 0.867. The normalized spacial score (nSPS) is 11.4. The SMILES string of the molecule is CC(C)CCN(C(=O)CC(C)C)C(=O)CC(C)C. The molecule has 0 atom stereocenters. The molecule has 3 heteroatoms. The second-order valence-corrected chi connectivity index (χ2v) is 6.32. The quantitative estimate of drug-likeness (QED) is 0.698. The summed E-state index contributed by atoms with van der Waals surface area (Å²) < 4.78 is 0. The molecule has 0 N–H and O–H groups in total. The van der Waals surface area contributed by atoms with Crippen LogP contribution in [0.5, 0.6) is 0 Å². The van der Waals surface area contributed by atoms with Gasteiger partial charge in [0.25, 0.3) is 0 Å². The van der Waals surface area contributed by atoms with Gasteiger partial charge in [-0.2, -0.15) is 0 Å². The Bertz CT molecular complexity index is 248. The van der Waals surface area contributed by atoms with E-state index in [1.165, 1.54) is 4.90 Å². The van der Waals surface area contributed by atoms with Gasteiger partial charge in [0.05, 0.1) is 0 Å². The van der Waals surface area contributed by atoms with Crippen LogP contribution in [-0.4, -0.2) is 23.3 Å². The van der Waals surface area contributed by atoms with Crippen molar-refractivity contribution in [1.82, 2.24) is 4.90 Å². The number of amides is 2. The van der Waals surface area contributed by atoms with Crippen LogP contribution in [0, 0.1) is 17.8 Å². The van der Waals surface area contributed by atoms with Crippen LogP contribution in [0.15, 0.2) is 0 Å². The van der Waals surface area contributed by atoms with E-state index < -0.39 is 0 Å². The van der Waals surface area contributed by atoms with Gasteiger partial charge in [-0.15, -0.1) is 0 Å². The predicted molar refractivity (Wildman–Crippen MR) is 75.1 cm³/mol. The smallest absolute Gasteiger partial charge is 0.229 e. The van der Waals surface area contributed by atoms with E-state index in [0.29, 0.717) is 37.1 Å². The average molecular weight is 255 g/mol. The van der Waals surface area contributed by atoms with Crippen molar-refractivity contribution in [3.8, 4) is 0 Å². The van der Waals surface area contributed by atoms with Crippen molar-refractivity contribution in [2.45, 2.75) is 60.8 Å². The molecule has 0 saturated heterocycles. The molecule has 106 valence electrons. The van der Waals surface area contributed by atoms with Crippen molar-refractivity contribution in [2.75, 3.05) is 6.54 Å². The van der Waals surface area contributed by atoms with Crippen LogP contribution in [0.25, 0.3) is 0 Å². The lowest BCUT2D eigenvalue weighted by molar-refractivity contribution is -0.145. The third kappa shape index (κ3) is 7.46. The van der Waals surface area contributed by atoms with Crippen LogP contribution in [0.3, 0.4) is 0 Å². The molecule has 2 amide bonds. The zero-order chi connectivity index (χ0) is 14.3. The van der Waals surface area contributed by atoms with Gasteiger partial charge in [-0.25, -0.2) is 0 Å². The summed E-state index contributed by atoms with van der Waals surface area (Å²) >= 11 is 0. The minimum absolute atomic E-state index is 0.0173. The molecule has 0 heterocycles. The van der Waals surface area contributed by atoms with Crippen molar-refractivity contribution in [1.29, 1.82) is 0 Å². The molecule has 0 unspecified atom stereocenters. The molecular formula is C15H29NO2. The molecule has 0 radical (unpaired) electrons. The molecule has 18 heavy (non-hydrogen) atoms. The fourth-order valence-corrected chi connectivity index (χ4v) is 1.69. The monoisotopic (exact) mass is 255 g/mol. The Balaban J connectivity index is 4.59. The number of hydrogen-bond donors (Lipinski definition) is 0. The molecule has 0 saturated carbocycles. The minimum Gasteiger partial charge on any atom is -0.283 e. The summed E-state index contributed by atoms with van der Waals surface area (Å²) in [5.74, 6) is 1.07. The van der Waals surface area contributed by atoms with Gasteiger partial charge in [0, 0.05) is 19.4 Å². The van der Waals surface area contributed by atoms with Gasteiger partial charge in [-0.3, -0.25) is 14.5 Å². The number of carbonyl (C=O) groups excluding carboxylic acids is 2. The second-order valence-electron chi connectivity index (χ2n) is 6.32. The molecule has 0 aromatic heterocycles. The van der Waals surface area contributed by atoms with E-state index in [1.54, 1.807) is 0 Å². The molecule has 0 rings (SSSR count). The summed E-state index contributed by atoms with van der Waals surface area (Å²) in [6.45, 7) is 12.8. The Morgan fingerprint density at radius 2 is 1.17 bits per heavy atom. The Morgan fingerprint density at radius 3 is 1.44 bits per heavy atom. The Hall–Kier alpha value is -0.860. The van der Waals surface area contributed by atoms with E-state index in [2.05, 4.69) is 13.8 Å². The summed E-state index contributed by atoms with van der Waals surface area (Å²) in [5, 5.41) is 0. The molecule has 0 bridgehead atoms. The topological polar surface area (TPSA) is 37.4 Å². The van der Waals surface area contributed by atoms with Crippen LogP contribution >= 0.6 is 0 Å². The number of nitrogens with zero attached hydrogens (tertiary/aromatic N) is 1. The van der Waals surface area contributed by atoms with Crippen LogP contribution < -0.4 is 0 Å². The summed E-state index contributed by atoms with van der Waals surface area (Å²) in [4.78, 5) is 25.7.